The van der Waals surface area contributed by atoms with Crippen molar-refractivity contribution in [1.29, 1.82) is 0 Å². The van der Waals surface area contributed by atoms with Crippen LogP contribution in [0.4, 0.5) is 5.69 Å². The van der Waals surface area contributed by atoms with Gasteiger partial charge in [0, 0.05) is 17.8 Å². The molecule has 0 aliphatic heterocycles. The molecule has 1 fully saturated rings. The third-order valence-electron chi connectivity index (χ3n) is 3.92. The number of anilines is 1. The topological polar surface area (TPSA) is 80.6 Å². The van der Waals surface area contributed by atoms with Crippen molar-refractivity contribution in [3.8, 4) is 5.75 Å². The monoisotopic (exact) mass is 328 g/mol. The summed E-state index contributed by atoms with van der Waals surface area (Å²) < 4.78 is 10.5. The first-order valence-electron chi connectivity index (χ1n) is 7.99. The zero-order chi connectivity index (χ0) is 16.9. The number of amides is 2. The molecule has 0 unspecified atom stereocenters. The zero-order valence-electron chi connectivity index (χ0n) is 13.5. The molecule has 6 nitrogen and oxygen atoms in total. The van der Waals surface area contributed by atoms with Gasteiger partial charge in [-0.15, -0.1) is 0 Å². The van der Waals surface area contributed by atoms with E-state index in [0.29, 0.717) is 17.4 Å². The molecule has 0 saturated heterocycles. The second-order valence-corrected chi connectivity index (χ2v) is 5.94. The Morgan fingerprint density at radius 2 is 2.12 bits per heavy atom. The van der Waals surface area contributed by atoms with Gasteiger partial charge in [0.2, 0.25) is 0 Å². The molecule has 2 N–H and O–H groups in total. The van der Waals surface area contributed by atoms with E-state index in [1.807, 2.05) is 6.92 Å². The van der Waals surface area contributed by atoms with Crippen LogP contribution < -0.4 is 15.4 Å². The van der Waals surface area contributed by atoms with E-state index in [2.05, 4.69) is 10.6 Å². The highest BCUT2D eigenvalue weighted by molar-refractivity contribution is 6.02. The van der Waals surface area contributed by atoms with E-state index in [1.165, 1.54) is 19.1 Å². The Balaban J connectivity index is 1.51. The lowest BCUT2D eigenvalue weighted by molar-refractivity contribution is -0.123. The van der Waals surface area contributed by atoms with E-state index in [-0.39, 0.29) is 30.2 Å². The van der Waals surface area contributed by atoms with Crippen LogP contribution in [0.5, 0.6) is 5.75 Å². The van der Waals surface area contributed by atoms with Crippen LogP contribution >= 0.6 is 0 Å². The van der Waals surface area contributed by atoms with E-state index >= 15 is 0 Å². The summed E-state index contributed by atoms with van der Waals surface area (Å²) in [6.45, 7) is 1.97. The Morgan fingerprint density at radius 1 is 1.29 bits per heavy atom. The number of ether oxygens (including phenoxy) is 1. The van der Waals surface area contributed by atoms with Gasteiger partial charge in [0.05, 0.1) is 6.26 Å². The minimum Gasteiger partial charge on any atom is -0.484 e. The molecule has 1 aliphatic rings. The Bertz CT molecular complexity index is 708. The van der Waals surface area contributed by atoms with Gasteiger partial charge in [-0.2, -0.15) is 0 Å². The van der Waals surface area contributed by atoms with Gasteiger partial charge in [-0.25, -0.2) is 0 Å². The first-order valence-corrected chi connectivity index (χ1v) is 7.99. The zero-order valence-corrected chi connectivity index (χ0v) is 13.5. The number of rotatable bonds is 7. The third kappa shape index (κ3) is 4.38. The maximum atomic E-state index is 11.9. The quantitative estimate of drug-likeness (QED) is 0.819. The molecular formula is C18H20N2O4. The van der Waals surface area contributed by atoms with E-state index in [4.69, 9.17) is 9.15 Å². The van der Waals surface area contributed by atoms with Gasteiger partial charge in [-0.3, -0.25) is 9.59 Å². The molecule has 1 heterocycles. The van der Waals surface area contributed by atoms with Crippen LogP contribution in [0, 0.1) is 5.92 Å². The molecule has 0 spiro atoms. The Morgan fingerprint density at radius 3 is 2.83 bits per heavy atom. The summed E-state index contributed by atoms with van der Waals surface area (Å²) >= 11 is 0. The van der Waals surface area contributed by atoms with Crippen molar-refractivity contribution in [2.24, 2.45) is 5.92 Å². The number of hydrogen-bond donors (Lipinski definition) is 2. The van der Waals surface area contributed by atoms with Gasteiger partial charge < -0.3 is 19.8 Å². The molecule has 6 heteroatoms. The number of hydrogen-bond acceptors (Lipinski definition) is 4. The van der Waals surface area contributed by atoms with Gasteiger partial charge in [-0.05, 0) is 49.9 Å². The maximum absolute atomic E-state index is 11.9. The molecule has 2 aromatic rings. The lowest BCUT2D eigenvalue weighted by Crippen LogP contribution is -2.37. The van der Waals surface area contributed by atoms with Crippen molar-refractivity contribution < 1.29 is 18.7 Å². The molecule has 1 aromatic heterocycles. The van der Waals surface area contributed by atoms with Crippen molar-refractivity contribution in [1.82, 2.24) is 5.32 Å². The van der Waals surface area contributed by atoms with Crippen molar-refractivity contribution in [3.05, 3.63) is 48.4 Å². The predicted molar refractivity (Wildman–Crippen MR) is 88.9 cm³/mol. The van der Waals surface area contributed by atoms with Gasteiger partial charge in [0.1, 0.15) is 5.75 Å². The standard InChI is InChI=1S/C18H20N2O4/c1-12(13-7-8-13)19-17(21)11-24-15-5-2-4-14(10-15)20-18(22)16-6-3-9-23-16/h2-6,9-10,12-13H,7-8,11H2,1H3,(H,19,21)(H,20,22)/t12-/m0/s1. The minimum atomic E-state index is -0.340. The van der Waals surface area contributed by atoms with Crippen LogP contribution in [-0.4, -0.2) is 24.5 Å². The molecule has 2 amide bonds. The van der Waals surface area contributed by atoms with Crippen molar-refractivity contribution >= 4 is 17.5 Å². The summed E-state index contributed by atoms with van der Waals surface area (Å²) in [5.41, 5.74) is 0.570. The highest BCUT2D eigenvalue weighted by Gasteiger charge is 2.28. The summed E-state index contributed by atoms with van der Waals surface area (Å²) in [6.07, 6.45) is 3.80. The molecule has 126 valence electrons. The number of carbonyl (C=O) groups excluding carboxylic acids is 2. The van der Waals surface area contributed by atoms with Gasteiger partial charge in [-0.1, -0.05) is 6.07 Å². The molecular weight excluding hydrogens is 308 g/mol. The summed E-state index contributed by atoms with van der Waals surface area (Å²) in [5, 5.41) is 5.65. The molecule has 1 saturated carbocycles. The highest BCUT2D eigenvalue weighted by atomic mass is 16.5. The third-order valence-corrected chi connectivity index (χ3v) is 3.92. The van der Waals surface area contributed by atoms with Crippen molar-refractivity contribution in [2.45, 2.75) is 25.8 Å². The first kappa shape index (κ1) is 16.1. The Labute approximate surface area is 140 Å². The van der Waals surface area contributed by atoms with Crippen LogP contribution in [0.2, 0.25) is 0 Å². The van der Waals surface area contributed by atoms with Gasteiger partial charge in [0.25, 0.3) is 11.8 Å². The largest absolute Gasteiger partial charge is 0.484 e. The van der Waals surface area contributed by atoms with Crippen LogP contribution in [0.15, 0.2) is 47.1 Å². The van der Waals surface area contributed by atoms with E-state index < -0.39 is 0 Å². The van der Waals surface area contributed by atoms with E-state index in [0.717, 1.165) is 0 Å². The summed E-state index contributed by atoms with van der Waals surface area (Å²) in [4.78, 5) is 23.8. The Kier molecular flexibility index (Phi) is 4.84. The average molecular weight is 328 g/mol. The van der Waals surface area contributed by atoms with Crippen LogP contribution in [0.1, 0.15) is 30.3 Å². The van der Waals surface area contributed by atoms with E-state index in [9.17, 15) is 9.59 Å². The average Bonchev–Trinajstić information content (AvgIpc) is 3.28. The second kappa shape index (κ2) is 7.21. The minimum absolute atomic E-state index is 0.0490. The van der Waals surface area contributed by atoms with E-state index in [1.54, 1.807) is 36.4 Å². The molecule has 1 atom stereocenters. The van der Waals surface area contributed by atoms with Crippen molar-refractivity contribution in [3.63, 3.8) is 0 Å². The number of furan rings is 1. The fourth-order valence-electron chi connectivity index (χ4n) is 2.42. The SMILES string of the molecule is C[C@H](NC(=O)COc1cccc(NC(=O)c2ccco2)c1)C1CC1. The molecule has 24 heavy (non-hydrogen) atoms. The second-order valence-electron chi connectivity index (χ2n) is 5.94. The van der Waals surface area contributed by atoms with Crippen molar-refractivity contribution in [2.75, 3.05) is 11.9 Å². The lowest BCUT2D eigenvalue weighted by atomic mass is 10.2. The Hall–Kier alpha value is -2.76. The van der Waals surface area contributed by atoms with Gasteiger partial charge >= 0.3 is 0 Å². The molecule has 3 rings (SSSR count). The van der Waals surface area contributed by atoms with Gasteiger partial charge in [0.15, 0.2) is 12.4 Å². The molecule has 0 bridgehead atoms. The number of nitrogens with one attached hydrogen (secondary N) is 2. The fraction of sp³-hybridized carbons (Fsp3) is 0.333. The summed E-state index contributed by atoms with van der Waals surface area (Å²) in [5.74, 6) is 0.873. The molecule has 1 aromatic carbocycles. The highest BCUT2D eigenvalue weighted by Crippen LogP contribution is 2.32. The normalized spacial score (nSPS) is 14.7. The fourth-order valence-corrected chi connectivity index (χ4v) is 2.42. The summed E-state index contributed by atoms with van der Waals surface area (Å²) in [7, 11) is 0. The van der Waals surface area contributed by atoms with Crippen LogP contribution in [0.25, 0.3) is 0 Å². The molecule has 1 aliphatic carbocycles. The number of benzene rings is 1. The lowest BCUT2D eigenvalue weighted by Gasteiger charge is -2.13. The predicted octanol–water partition coefficient (Wildman–Crippen LogP) is 2.83. The first-order chi connectivity index (χ1) is 11.6. The molecule has 0 radical (unpaired) electrons. The van der Waals surface area contributed by atoms with Crippen LogP contribution in [-0.2, 0) is 4.79 Å². The smallest absolute Gasteiger partial charge is 0.291 e. The van der Waals surface area contributed by atoms with Crippen LogP contribution in [0.3, 0.4) is 0 Å². The maximum Gasteiger partial charge on any atom is 0.291 e. The number of carbonyl (C=O) groups is 2. The summed E-state index contributed by atoms with van der Waals surface area (Å²) in [6, 6.07) is 10.3.